The molecule has 0 aliphatic heterocycles. The number of esters is 4. The highest BCUT2D eigenvalue weighted by Crippen LogP contribution is 2.67. The van der Waals surface area contributed by atoms with E-state index in [2.05, 4.69) is 13.8 Å². The summed E-state index contributed by atoms with van der Waals surface area (Å²) >= 11 is 0. The number of ether oxygens (including phenoxy) is 6. The number of hydrogen-bond donors (Lipinski definition) is 0. The van der Waals surface area contributed by atoms with E-state index in [9.17, 15) is 28.8 Å². The molecule has 12 nitrogen and oxygen atoms in total. The first kappa shape index (κ1) is 50.9. The van der Waals surface area contributed by atoms with Crippen molar-refractivity contribution < 1.29 is 57.2 Å². The van der Waals surface area contributed by atoms with Gasteiger partial charge in [-0.05, 0) is 124 Å². The van der Waals surface area contributed by atoms with Crippen molar-refractivity contribution in [2.75, 3.05) is 13.2 Å². The Balaban J connectivity index is 1.12. The van der Waals surface area contributed by atoms with Crippen LogP contribution in [-0.4, -0.2) is 67.5 Å². The van der Waals surface area contributed by atoms with Gasteiger partial charge in [-0.1, -0.05) is 85.1 Å². The lowest BCUT2D eigenvalue weighted by Gasteiger charge is -2.61. The molecule has 0 bridgehead atoms. The molecule has 0 aromatic carbocycles. The van der Waals surface area contributed by atoms with Gasteiger partial charge in [-0.25, -0.2) is 4.79 Å². The molecule has 4 saturated carbocycles. The van der Waals surface area contributed by atoms with Crippen LogP contribution in [0.15, 0.2) is 24.3 Å². The molecule has 0 N–H and O–H groups in total. The summed E-state index contributed by atoms with van der Waals surface area (Å²) in [6.45, 7) is 15.5. The van der Waals surface area contributed by atoms with E-state index in [4.69, 9.17) is 28.4 Å². The Morgan fingerprint density at radius 1 is 0.645 bits per heavy atom. The molecule has 4 aliphatic carbocycles. The Labute approximate surface area is 371 Å². The van der Waals surface area contributed by atoms with E-state index in [-0.39, 0.29) is 73.6 Å². The normalized spacial score (nSPS) is 29.4. The van der Waals surface area contributed by atoms with Crippen LogP contribution in [0.25, 0.3) is 0 Å². The topological polar surface area (TPSA) is 158 Å². The summed E-state index contributed by atoms with van der Waals surface area (Å²) in [5, 5.41) is 0. The molecule has 0 saturated heterocycles. The molecule has 0 aromatic heterocycles. The van der Waals surface area contributed by atoms with Crippen molar-refractivity contribution in [3.05, 3.63) is 24.3 Å². The van der Waals surface area contributed by atoms with Gasteiger partial charge < -0.3 is 28.4 Å². The second-order valence-electron chi connectivity index (χ2n) is 19.6. The second-order valence-corrected chi connectivity index (χ2v) is 19.6. The van der Waals surface area contributed by atoms with Crippen LogP contribution in [0.3, 0.4) is 0 Å². The van der Waals surface area contributed by atoms with Crippen molar-refractivity contribution in [3.8, 4) is 0 Å². The summed E-state index contributed by atoms with van der Waals surface area (Å²) in [5.41, 5.74) is 0.355. The molecule has 62 heavy (non-hydrogen) atoms. The Morgan fingerprint density at radius 2 is 1.21 bits per heavy atom. The Hall–Kier alpha value is -3.70. The maximum atomic E-state index is 12.8. The van der Waals surface area contributed by atoms with Crippen LogP contribution < -0.4 is 0 Å². The van der Waals surface area contributed by atoms with Crippen LogP contribution in [-0.2, 0) is 52.4 Å². The number of hydrogen-bond acceptors (Lipinski definition) is 12. The summed E-state index contributed by atoms with van der Waals surface area (Å²) < 4.78 is 32.8. The SMILES string of the molecule is CC/C=C\CC(=O)OCC(COC(=O)C/C=C\CC)OC(=O)CC(C)CCCC(C)CC(=O)OC(C)OC(=O)O[C@@H]1CC[C@@]2(C)[C@@H](CC[C@@H]3[C@@H]2CC[C@]2(C)[C@@H](C(C)=O)CC[C@@H]32)C1. The van der Waals surface area contributed by atoms with Crippen LogP contribution in [0.4, 0.5) is 4.79 Å². The van der Waals surface area contributed by atoms with E-state index in [0.717, 1.165) is 64.2 Å². The van der Waals surface area contributed by atoms with E-state index in [1.165, 1.54) is 26.2 Å². The van der Waals surface area contributed by atoms with E-state index in [0.29, 0.717) is 35.9 Å². The number of rotatable bonds is 23. The van der Waals surface area contributed by atoms with Gasteiger partial charge in [-0.2, -0.15) is 0 Å². The number of Topliss-reactive ketones (excluding diaryl/α,β-unsaturated/α-hetero) is 1. The van der Waals surface area contributed by atoms with E-state index < -0.39 is 42.4 Å². The quantitative estimate of drug-likeness (QED) is 0.0415. The molecule has 0 spiro atoms. The third-order valence-electron chi connectivity index (χ3n) is 14.9. The monoisotopic (exact) mass is 871 g/mol. The van der Waals surface area contributed by atoms with Crippen molar-refractivity contribution in [1.82, 2.24) is 0 Å². The molecular formula is C50H78O12. The number of carbonyl (C=O) groups is 6. The summed E-state index contributed by atoms with van der Waals surface area (Å²) in [7, 11) is 0. The van der Waals surface area contributed by atoms with Crippen LogP contribution in [0, 0.1) is 52.3 Å². The lowest BCUT2D eigenvalue weighted by atomic mass is 9.44. The zero-order valence-corrected chi connectivity index (χ0v) is 39.1. The number of fused-ring (bicyclic) bond motifs is 5. The molecule has 0 radical (unpaired) electrons. The lowest BCUT2D eigenvalue weighted by Crippen LogP contribution is -2.54. The highest BCUT2D eigenvalue weighted by atomic mass is 16.8. The van der Waals surface area contributed by atoms with Crippen molar-refractivity contribution in [1.29, 1.82) is 0 Å². The van der Waals surface area contributed by atoms with Gasteiger partial charge in [0.1, 0.15) is 25.1 Å². The van der Waals surface area contributed by atoms with Gasteiger partial charge in [0, 0.05) is 25.7 Å². The lowest BCUT2D eigenvalue weighted by molar-refractivity contribution is -0.172. The number of ketones is 1. The Bertz CT molecular complexity index is 1540. The van der Waals surface area contributed by atoms with E-state index in [1.807, 2.05) is 39.8 Å². The van der Waals surface area contributed by atoms with Crippen molar-refractivity contribution >= 4 is 35.8 Å². The summed E-state index contributed by atoms with van der Waals surface area (Å²) in [6, 6.07) is 0. The first-order valence-corrected chi connectivity index (χ1v) is 23.9. The maximum absolute atomic E-state index is 12.8. The van der Waals surface area contributed by atoms with Gasteiger partial charge in [0.25, 0.3) is 0 Å². The predicted molar refractivity (Wildman–Crippen MR) is 234 cm³/mol. The molecule has 0 heterocycles. The van der Waals surface area contributed by atoms with Gasteiger partial charge in [0.05, 0.1) is 12.8 Å². The molecule has 4 aliphatic rings. The van der Waals surface area contributed by atoms with E-state index >= 15 is 0 Å². The molecule has 12 heteroatoms. The molecule has 4 rings (SSSR count). The average Bonchev–Trinajstić information content (AvgIpc) is 3.56. The first-order chi connectivity index (χ1) is 29.5. The Kier molecular flexibility index (Phi) is 20.0. The Morgan fingerprint density at radius 3 is 1.79 bits per heavy atom. The van der Waals surface area contributed by atoms with Crippen LogP contribution in [0.5, 0.6) is 0 Å². The molecular weight excluding hydrogens is 793 g/mol. The minimum absolute atomic E-state index is 0.00248. The van der Waals surface area contributed by atoms with E-state index in [1.54, 1.807) is 19.1 Å². The van der Waals surface area contributed by atoms with Crippen LogP contribution >= 0.6 is 0 Å². The molecule has 11 atom stereocenters. The van der Waals surface area contributed by atoms with Gasteiger partial charge in [-0.3, -0.25) is 24.0 Å². The largest absolute Gasteiger partial charge is 0.511 e. The fourth-order valence-electron chi connectivity index (χ4n) is 11.7. The van der Waals surface area contributed by atoms with Crippen LogP contribution in [0.2, 0.25) is 0 Å². The minimum Gasteiger partial charge on any atom is -0.461 e. The molecule has 350 valence electrons. The van der Waals surface area contributed by atoms with Crippen LogP contribution in [0.1, 0.15) is 171 Å². The average molecular weight is 871 g/mol. The molecule has 4 fully saturated rings. The highest BCUT2D eigenvalue weighted by molar-refractivity contribution is 5.79. The molecule has 0 aromatic rings. The maximum Gasteiger partial charge on any atom is 0.511 e. The zero-order valence-electron chi connectivity index (χ0n) is 39.1. The van der Waals surface area contributed by atoms with Gasteiger partial charge in [0.2, 0.25) is 6.29 Å². The smallest absolute Gasteiger partial charge is 0.461 e. The first-order valence-electron chi connectivity index (χ1n) is 23.9. The summed E-state index contributed by atoms with van der Waals surface area (Å²) in [6.07, 6.45) is 17.8. The molecule has 0 amide bonds. The molecule has 3 unspecified atom stereocenters. The van der Waals surface area contributed by atoms with Crippen molar-refractivity contribution in [2.24, 2.45) is 52.3 Å². The standard InChI is InChI=1S/C50H78O12/c1-9-11-13-18-44(52)57-31-39(32-58-45(53)19-14-12-10-2)61-47(55)29-34(4)17-15-16-33(3)28-46(54)59-36(6)60-48(56)62-38-24-26-49(7)37(30-38)20-21-40-42-23-22-41(35(5)51)50(42,8)27-25-43(40)49/h11-14,33-34,36-43H,9-10,15-32H2,1-8H3/b13-11-,14-12-/t33?,34?,36?,37-,38+,40-,41+,42-,43-,49-,50+/m0/s1. The number of carbonyl (C=O) groups excluding carboxylic acids is 6. The van der Waals surface area contributed by atoms with Crippen molar-refractivity contribution in [3.63, 3.8) is 0 Å². The minimum atomic E-state index is -1.08. The second kappa shape index (κ2) is 24.4. The van der Waals surface area contributed by atoms with Crippen molar-refractivity contribution in [2.45, 2.75) is 189 Å². The third-order valence-corrected chi connectivity index (χ3v) is 14.9. The zero-order chi connectivity index (χ0) is 45.5. The fraction of sp³-hybridized carbons (Fsp3) is 0.800. The summed E-state index contributed by atoms with van der Waals surface area (Å²) in [4.78, 5) is 75.2. The van der Waals surface area contributed by atoms with Gasteiger partial charge in [-0.15, -0.1) is 0 Å². The number of allylic oxidation sites excluding steroid dienone is 2. The van der Waals surface area contributed by atoms with Gasteiger partial charge in [0.15, 0.2) is 6.10 Å². The third kappa shape index (κ3) is 14.7. The van der Waals surface area contributed by atoms with Gasteiger partial charge >= 0.3 is 30.0 Å². The highest BCUT2D eigenvalue weighted by Gasteiger charge is 2.61. The fourth-order valence-corrected chi connectivity index (χ4v) is 11.7. The summed E-state index contributed by atoms with van der Waals surface area (Å²) in [5.74, 6) is 1.12. The predicted octanol–water partition coefficient (Wildman–Crippen LogP) is 10.6.